The summed E-state index contributed by atoms with van der Waals surface area (Å²) in [4.78, 5) is 14.0. The molecule has 2 aliphatic heterocycles. The van der Waals surface area contributed by atoms with Gasteiger partial charge in [0.05, 0.1) is 0 Å². The van der Waals surface area contributed by atoms with Gasteiger partial charge < -0.3 is 10.2 Å². The molecule has 2 fully saturated rings. The molecule has 2 aliphatic rings. The van der Waals surface area contributed by atoms with Crippen molar-refractivity contribution in [2.75, 3.05) is 31.1 Å². The monoisotopic (exact) mass is 232 g/mol. The molecule has 2 saturated heterocycles. The average molecular weight is 232 g/mol. The Balaban J connectivity index is 1.89. The van der Waals surface area contributed by atoms with Crippen LogP contribution in [0.3, 0.4) is 0 Å². The number of thioether (sulfide) groups is 2. The van der Waals surface area contributed by atoms with Crippen LogP contribution in [-0.2, 0) is 4.79 Å². The molecule has 1 N–H and O–H groups in total. The second-order valence-electron chi connectivity index (χ2n) is 3.71. The standard InChI is InChI=1S/C9H16N2OS2/c1-7-6-11(3-2-10-7)8(12)9-13-4-5-14-9/h7,9-10H,2-6H2,1H3/t7-/m1/s1. The van der Waals surface area contributed by atoms with Gasteiger partial charge in [0.1, 0.15) is 4.58 Å². The molecule has 0 unspecified atom stereocenters. The van der Waals surface area contributed by atoms with Crippen LogP contribution in [0.2, 0.25) is 0 Å². The molecule has 3 nitrogen and oxygen atoms in total. The van der Waals surface area contributed by atoms with Crippen molar-refractivity contribution in [3.8, 4) is 0 Å². The van der Waals surface area contributed by atoms with E-state index < -0.39 is 0 Å². The second-order valence-corrected chi connectivity index (χ2v) is 6.44. The molecule has 80 valence electrons. The number of hydrogen-bond donors (Lipinski definition) is 1. The summed E-state index contributed by atoms with van der Waals surface area (Å²) in [5, 5.41) is 3.35. The van der Waals surface area contributed by atoms with Crippen LogP contribution in [0, 0.1) is 0 Å². The van der Waals surface area contributed by atoms with E-state index in [1.54, 1.807) is 23.5 Å². The van der Waals surface area contributed by atoms with Crippen LogP contribution in [0.15, 0.2) is 0 Å². The molecule has 0 aromatic carbocycles. The maximum Gasteiger partial charge on any atom is 0.245 e. The van der Waals surface area contributed by atoms with E-state index in [0.717, 1.165) is 31.1 Å². The van der Waals surface area contributed by atoms with Crippen LogP contribution >= 0.6 is 23.5 Å². The molecule has 0 radical (unpaired) electrons. The maximum absolute atomic E-state index is 12.0. The van der Waals surface area contributed by atoms with Gasteiger partial charge in [0, 0.05) is 37.2 Å². The first kappa shape index (κ1) is 10.6. The number of amides is 1. The Morgan fingerprint density at radius 3 is 2.79 bits per heavy atom. The lowest BCUT2D eigenvalue weighted by Crippen LogP contribution is -2.52. The number of nitrogens with one attached hydrogen (secondary N) is 1. The summed E-state index contributed by atoms with van der Waals surface area (Å²) in [6.07, 6.45) is 0. The molecule has 1 amide bonds. The first-order valence-electron chi connectivity index (χ1n) is 5.03. The third-order valence-corrected chi connectivity index (χ3v) is 5.47. The van der Waals surface area contributed by atoms with E-state index in [0.29, 0.717) is 11.9 Å². The molecular formula is C9H16N2OS2. The molecule has 1 atom stereocenters. The average Bonchev–Trinajstić information content (AvgIpc) is 2.69. The quantitative estimate of drug-likeness (QED) is 0.718. The van der Waals surface area contributed by atoms with Crippen LogP contribution in [0.25, 0.3) is 0 Å². The van der Waals surface area contributed by atoms with Gasteiger partial charge in [-0.2, -0.15) is 0 Å². The first-order chi connectivity index (χ1) is 6.77. The number of carbonyl (C=O) groups excluding carboxylic acids is 1. The second kappa shape index (κ2) is 4.77. The Labute approximate surface area is 93.4 Å². The van der Waals surface area contributed by atoms with E-state index in [1.807, 2.05) is 4.90 Å². The summed E-state index contributed by atoms with van der Waals surface area (Å²) < 4.78 is 0.181. The number of nitrogens with zero attached hydrogens (tertiary/aromatic N) is 1. The largest absolute Gasteiger partial charge is 0.338 e. The van der Waals surface area contributed by atoms with Gasteiger partial charge in [0.25, 0.3) is 0 Å². The van der Waals surface area contributed by atoms with Crippen molar-refractivity contribution in [1.82, 2.24) is 10.2 Å². The van der Waals surface area contributed by atoms with E-state index in [-0.39, 0.29) is 4.58 Å². The molecule has 0 spiro atoms. The highest BCUT2D eigenvalue weighted by Gasteiger charge is 2.30. The molecule has 0 saturated carbocycles. The summed E-state index contributed by atoms with van der Waals surface area (Å²) in [7, 11) is 0. The zero-order valence-corrected chi connectivity index (χ0v) is 10.00. The first-order valence-corrected chi connectivity index (χ1v) is 7.12. The van der Waals surface area contributed by atoms with Crippen LogP contribution in [-0.4, -0.2) is 52.6 Å². The van der Waals surface area contributed by atoms with Gasteiger partial charge in [0.2, 0.25) is 5.91 Å². The maximum atomic E-state index is 12.0. The lowest BCUT2D eigenvalue weighted by Gasteiger charge is -2.33. The Kier molecular flexibility index (Phi) is 3.62. The van der Waals surface area contributed by atoms with E-state index in [2.05, 4.69) is 12.2 Å². The number of rotatable bonds is 1. The van der Waals surface area contributed by atoms with Gasteiger partial charge >= 0.3 is 0 Å². The topological polar surface area (TPSA) is 32.3 Å². The highest BCUT2D eigenvalue weighted by Crippen LogP contribution is 2.33. The summed E-state index contributed by atoms with van der Waals surface area (Å²) in [5.74, 6) is 2.59. The van der Waals surface area contributed by atoms with Crippen molar-refractivity contribution < 1.29 is 4.79 Å². The molecule has 2 heterocycles. The fourth-order valence-electron chi connectivity index (χ4n) is 1.78. The predicted molar refractivity (Wildman–Crippen MR) is 62.7 cm³/mol. The normalized spacial score (nSPS) is 29.5. The molecule has 0 aliphatic carbocycles. The lowest BCUT2D eigenvalue weighted by atomic mass is 10.2. The molecule has 2 rings (SSSR count). The van der Waals surface area contributed by atoms with Crippen LogP contribution in [0.5, 0.6) is 0 Å². The van der Waals surface area contributed by atoms with Crippen molar-refractivity contribution in [1.29, 1.82) is 0 Å². The van der Waals surface area contributed by atoms with Gasteiger partial charge in [0.15, 0.2) is 0 Å². The Bertz CT molecular complexity index is 219. The van der Waals surface area contributed by atoms with Crippen molar-refractivity contribution in [2.45, 2.75) is 17.5 Å². The summed E-state index contributed by atoms with van der Waals surface area (Å²) >= 11 is 3.59. The minimum absolute atomic E-state index is 0.181. The van der Waals surface area contributed by atoms with E-state index >= 15 is 0 Å². The van der Waals surface area contributed by atoms with Crippen molar-refractivity contribution >= 4 is 29.4 Å². The molecule has 14 heavy (non-hydrogen) atoms. The molecule has 0 aromatic rings. The summed E-state index contributed by atoms with van der Waals surface area (Å²) in [6, 6.07) is 0.448. The number of carbonyl (C=O) groups is 1. The third-order valence-electron chi connectivity index (χ3n) is 2.50. The Morgan fingerprint density at radius 1 is 1.43 bits per heavy atom. The molecular weight excluding hydrogens is 216 g/mol. The van der Waals surface area contributed by atoms with E-state index in [4.69, 9.17) is 0 Å². The van der Waals surface area contributed by atoms with Crippen molar-refractivity contribution in [3.63, 3.8) is 0 Å². The summed E-state index contributed by atoms with van der Waals surface area (Å²) in [6.45, 7) is 4.82. The zero-order valence-electron chi connectivity index (χ0n) is 8.36. The van der Waals surface area contributed by atoms with Crippen molar-refractivity contribution in [3.05, 3.63) is 0 Å². The van der Waals surface area contributed by atoms with E-state index in [9.17, 15) is 4.79 Å². The SMILES string of the molecule is C[C@@H]1CN(C(=O)C2SCCS2)CCN1. The Morgan fingerprint density at radius 2 is 2.14 bits per heavy atom. The van der Waals surface area contributed by atoms with Gasteiger partial charge in [-0.1, -0.05) is 0 Å². The predicted octanol–water partition coefficient (Wildman–Crippen LogP) is 0.613. The fraction of sp³-hybridized carbons (Fsp3) is 0.889. The fourth-order valence-corrected chi connectivity index (χ4v) is 4.53. The molecule has 0 aromatic heterocycles. The summed E-state index contributed by atoms with van der Waals surface area (Å²) in [5.41, 5.74) is 0. The van der Waals surface area contributed by atoms with Crippen LogP contribution in [0.4, 0.5) is 0 Å². The van der Waals surface area contributed by atoms with Crippen molar-refractivity contribution in [2.24, 2.45) is 0 Å². The van der Waals surface area contributed by atoms with Crippen LogP contribution < -0.4 is 5.32 Å². The van der Waals surface area contributed by atoms with Gasteiger partial charge in [-0.05, 0) is 6.92 Å². The number of piperazine rings is 1. The van der Waals surface area contributed by atoms with Gasteiger partial charge in [-0.15, -0.1) is 23.5 Å². The highest BCUT2D eigenvalue weighted by molar-refractivity contribution is 8.21. The van der Waals surface area contributed by atoms with Gasteiger partial charge in [-0.25, -0.2) is 0 Å². The minimum atomic E-state index is 0.181. The Hall–Kier alpha value is 0.130. The third kappa shape index (κ3) is 2.38. The van der Waals surface area contributed by atoms with Crippen LogP contribution in [0.1, 0.15) is 6.92 Å². The molecule has 0 bridgehead atoms. The minimum Gasteiger partial charge on any atom is -0.338 e. The van der Waals surface area contributed by atoms with Gasteiger partial charge in [-0.3, -0.25) is 4.79 Å². The highest BCUT2D eigenvalue weighted by atomic mass is 32.2. The molecule has 5 heteroatoms. The van der Waals surface area contributed by atoms with E-state index in [1.165, 1.54) is 0 Å². The smallest absolute Gasteiger partial charge is 0.245 e. The lowest BCUT2D eigenvalue weighted by molar-refractivity contribution is -0.130. The number of hydrogen-bond acceptors (Lipinski definition) is 4. The zero-order chi connectivity index (χ0) is 9.97.